The van der Waals surface area contributed by atoms with E-state index in [0.29, 0.717) is 17.1 Å². The molecule has 1 atom stereocenters. The summed E-state index contributed by atoms with van der Waals surface area (Å²) < 4.78 is 0.727. The molecular formula is C15H14BrClN2O. The van der Waals surface area contributed by atoms with Gasteiger partial charge in [0, 0.05) is 9.50 Å². The number of carbonyl (C=O) groups is 1. The van der Waals surface area contributed by atoms with Crippen LogP contribution in [0.5, 0.6) is 0 Å². The van der Waals surface area contributed by atoms with Crippen LogP contribution in [0.3, 0.4) is 0 Å². The first-order valence-electron chi connectivity index (χ1n) is 6.11. The molecule has 104 valence electrons. The number of anilines is 1. The number of nitrogens with two attached hydrogens (primary N) is 1. The summed E-state index contributed by atoms with van der Waals surface area (Å²) in [5.41, 5.74) is 7.61. The van der Waals surface area contributed by atoms with Crippen molar-refractivity contribution in [1.82, 2.24) is 0 Å². The van der Waals surface area contributed by atoms with Gasteiger partial charge in [-0.3, -0.25) is 4.79 Å². The third kappa shape index (κ3) is 4.07. The minimum absolute atomic E-state index is 0.225. The SMILES string of the molecule is N[C@H](Cc1ccccc1)C(=O)Nc1ccc(Cl)cc1Br. The molecule has 0 bridgehead atoms. The highest BCUT2D eigenvalue weighted by atomic mass is 79.9. The highest BCUT2D eigenvalue weighted by Gasteiger charge is 2.15. The number of benzene rings is 2. The second kappa shape index (κ2) is 6.88. The van der Waals surface area contributed by atoms with E-state index >= 15 is 0 Å². The molecule has 20 heavy (non-hydrogen) atoms. The van der Waals surface area contributed by atoms with Crippen molar-refractivity contribution in [2.45, 2.75) is 12.5 Å². The molecule has 0 unspecified atom stereocenters. The summed E-state index contributed by atoms with van der Waals surface area (Å²) in [5.74, 6) is -0.225. The van der Waals surface area contributed by atoms with Crippen molar-refractivity contribution >= 4 is 39.1 Å². The molecule has 0 fully saturated rings. The maximum atomic E-state index is 12.1. The van der Waals surface area contributed by atoms with Gasteiger partial charge in [-0.1, -0.05) is 41.9 Å². The quantitative estimate of drug-likeness (QED) is 0.882. The van der Waals surface area contributed by atoms with Gasteiger partial charge in [0.05, 0.1) is 11.7 Å². The molecule has 3 nitrogen and oxygen atoms in total. The summed E-state index contributed by atoms with van der Waals surface area (Å²) >= 11 is 9.21. The zero-order chi connectivity index (χ0) is 14.5. The van der Waals surface area contributed by atoms with Crippen LogP contribution in [-0.2, 0) is 11.2 Å². The molecule has 2 aromatic carbocycles. The molecule has 0 heterocycles. The molecule has 0 aromatic heterocycles. The third-order valence-corrected chi connectivity index (χ3v) is 3.72. The smallest absolute Gasteiger partial charge is 0.241 e. The normalized spacial score (nSPS) is 11.9. The molecule has 0 aliphatic rings. The molecular weight excluding hydrogens is 340 g/mol. The Kier molecular flexibility index (Phi) is 5.17. The van der Waals surface area contributed by atoms with Crippen molar-refractivity contribution in [2.75, 3.05) is 5.32 Å². The first-order valence-corrected chi connectivity index (χ1v) is 7.29. The van der Waals surface area contributed by atoms with E-state index in [1.807, 2.05) is 30.3 Å². The van der Waals surface area contributed by atoms with E-state index < -0.39 is 6.04 Å². The van der Waals surface area contributed by atoms with Crippen LogP contribution in [0.4, 0.5) is 5.69 Å². The van der Waals surface area contributed by atoms with Crippen LogP contribution in [0, 0.1) is 0 Å². The first-order chi connectivity index (χ1) is 9.56. The van der Waals surface area contributed by atoms with Gasteiger partial charge in [-0.2, -0.15) is 0 Å². The molecule has 2 aromatic rings. The third-order valence-electron chi connectivity index (χ3n) is 2.82. The number of halogens is 2. The summed E-state index contributed by atoms with van der Waals surface area (Å²) in [7, 11) is 0. The molecule has 0 aliphatic carbocycles. The van der Waals surface area contributed by atoms with Crippen LogP contribution in [0.25, 0.3) is 0 Å². The Morgan fingerprint density at radius 2 is 1.95 bits per heavy atom. The predicted octanol–water partition coefficient (Wildman–Crippen LogP) is 3.61. The van der Waals surface area contributed by atoms with Crippen LogP contribution in [0.1, 0.15) is 5.56 Å². The molecule has 0 saturated heterocycles. The summed E-state index contributed by atoms with van der Waals surface area (Å²) in [6, 6.07) is 14.3. The Hall–Kier alpha value is -1.36. The topological polar surface area (TPSA) is 55.1 Å². The van der Waals surface area contributed by atoms with E-state index in [1.54, 1.807) is 18.2 Å². The fourth-order valence-electron chi connectivity index (χ4n) is 1.78. The van der Waals surface area contributed by atoms with Gasteiger partial charge in [0.15, 0.2) is 0 Å². The van der Waals surface area contributed by atoms with Crippen molar-refractivity contribution in [3.05, 3.63) is 63.6 Å². The average molecular weight is 354 g/mol. The maximum absolute atomic E-state index is 12.1. The first kappa shape index (κ1) is 15.0. The minimum Gasteiger partial charge on any atom is -0.324 e. The monoisotopic (exact) mass is 352 g/mol. The molecule has 3 N–H and O–H groups in total. The van der Waals surface area contributed by atoms with Crippen molar-refractivity contribution in [1.29, 1.82) is 0 Å². The Balaban J connectivity index is 2.01. The van der Waals surface area contributed by atoms with Gasteiger partial charge in [0.2, 0.25) is 5.91 Å². The Labute approximate surface area is 131 Å². The lowest BCUT2D eigenvalue weighted by atomic mass is 10.1. The highest BCUT2D eigenvalue weighted by molar-refractivity contribution is 9.10. The fourth-order valence-corrected chi connectivity index (χ4v) is 2.56. The number of carbonyl (C=O) groups excluding carboxylic acids is 1. The molecule has 0 spiro atoms. The van der Waals surface area contributed by atoms with Gasteiger partial charge in [-0.05, 0) is 46.1 Å². The molecule has 0 saturated carbocycles. The van der Waals surface area contributed by atoms with Crippen LogP contribution >= 0.6 is 27.5 Å². The lowest BCUT2D eigenvalue weighted by Crippen LogP contribution is -2.37. The summed E-state index contributed by atoms with van der Waals surface area (Å²) in [4.78, 5) is 12.1. The predicted molar refractivity (Wildman–Crippen MR) is 85.9 cm³/mol. The maximum Gasteiger partial charge on any atom is 0.241 e. The van der Waals surface area contributed by atoms with Crippen LogP contribution in [0.15, 0.2) is 53.0 Å². The van der Waals surface area contributed by atoms with Crippen LogP contribution in [0.2, 0.25) is 5.02 Å². The summed E-state index contributed by atoms with van der Waals surface area (Å²) in [5, 5.41) is 3.39. The minimum atomic E-state index is -0.597. The van der Waals surface area contributed by atoms with Gasteiger partial charge in [0.1, 0.15) is 0 Å². The standard InChI is InChI=1S/C15H14BrClN2O/c16-12-9-11(17)6-7-14(12)19-15(20)13(18)8-10-4-2-1-3-5-10/h1-7,9,13H,8,18H2,(H,19,20)/t13-/m1/s1. The van der Waals surface area contributed by atoms with Crippen LogP contribution in [-0.4, -0.2) is 11.9 Å². The van der Waals surface area contributed by atoms with Gasteiger partial charge in [0.25, 0.3) is 0 Å². The Bertz CT molecular complexity index is 604. The number of hydrogen-bond donors (Lipinski definition) is 2. The molecule has 0 aliphatic heterocycles. The number of rotatable bonds is 4. The van der Waals surface area contributed by atoms with E-state index in [1.165, 1.54) is 0 Å². The lowest BCUT2D eigenvalue weighted by molar-refractivity contribution is -0.117. The molecule has 2 rings (SSSR count). The molecule has 0 radical (unpaired) electrons. The van der Waals surface area contributed by atoms with Gasteiger partial charge in [-0.25, -0.2) is 0 Å². The summed E-state index contributed by atoms with van der Waals surface area (Å²) in [6.07, 6.45) is 0.498. The van der Waals surface area contributed by atoms with E-state index in [2.05, 4.69) is 21.2 Å². The second-order valence-corrected chi connectivity index (χ2v) is 5.70. The Morgan fingerprint density at radius 3 is 2.60 bits per heavy atom. The number of hydrogen-bond acceptors (Lipinski definition) is 2. The summed E-state index contributed by atoms with van der Waals surface area (Å²) in [6.45, 7) is 0. The van der Waals surface area contributed by atoms with E-state index in [4.69, 9.17) is 17.3 Å². The Morgan fingerprint density at radius 1 is 1.25 bits per heavy atom. The van der Waals surface area contributed by atoms with E-state index in [0.717, 1.165) is 10.0 Å². The van der Waals surface area contributed by atoms with E-state index in [9.17, 15) is 4.79 Å². The zero-order valence-electron chi connectivity index (χ0n) is 10.6. The van der Waals surface area contributed by atoms with Crippen molar-refractivity contribution in [3.8, 4) is 0 Å². The van der Waals surface area contributed by atoms with E-state index in [-0.39, 0.29) is 5.91 Å². The van der Waals surface area contributed by atoms with Crippen molar-refractivity contribution < 1.29 is 4.79 Å². The van der Waals surface area contributed by atoms with Crippen molar-refractivity contribution in [3.63, 3.8) is 0 Å². The van der Waals surface area contributed by atoms with Gasteiger partial charge in [-0.15, -0.1) is 0 Å². The van der Waals surface area contributed by atoms with Crippen molar-refractivity contribution in [2.24, 2.45) is 5.73 Å². The van der Waals surface area contributed by atoms with Gasteiger partial charge < -0.3 is 11.1 Å². The lowest BCUT2D eigenvalue weighted by Gasteiger charge is -2.13. The second-order valence-electron chi connectivity index (χ2n) is 4.41. The largest absolute Gasteiger partial charge is 0.324 e. The number of nitrogens with one attached hydrogen (secondary N) is 1. The fraction of sp³-hybridized carbons (Fsp3) is 0.133. The highest BCUT2D eigenvalue weighted by Crippen LogP contribution is 2.25. The van der Waals surface area contributed by atoms with Gasteiger partial charge >= 0.3 is 0 Å². The van der Waals surface area contributed by atoms with Crippen LogP contribution < -0.4 is 11.1 Å². The molecule has 5 heteroatoms. The zero-order valence-corrected chi connectivity index (χ0v) is 13.0. The molecule has 1 amide bonds. The average Bonchev–Trinajstić information content (AvgIpc) is 2.43. The number of amides is 1.